The van der Waals surface area contributed by atoms with Gasteiger partial charge in [0.15, 0.2) is 0 Å². The van der Waals surface area contributed by atoms with Gasteiger partial charge in [-0.15, -0.1) is 11.3 Å². The number of nitrogens with zero attached hydrogens (tertiary/aromatic N) is 1. The predicted octanol–water partition coefficient (Wildman–Crippen LogP) is 6.72. The number of hydrogen-bond acceptors (Lipinski definition) is 5. The van der Waals surface area contributed by atoms with Crippen LogP contribution in [0.15, 0.2) is 43.5 Å². The van der Waals surface area contributed by atoms with Crippen molar-refractivity contribution in [1.82, 2.24) is 4.98 Å². The summed E-state index contributed by atoms with van der Waals surface area (Å²) in [5, 5.41) is 0.746. The molecule has 0 unspecified atom stereocenters. The van der Waals surface area contributed by atoms with Crippen molar-refractivity contribution in [3.8, 4) is 11.3 Å². The highest BCUT2D eigenvalue weighted by Gasteiger charge is 2.19. The van der Waals surface area contributed by atoms with Gasteiger partial charge in [0.1, 0.15) is 10.7 Å². The van der Waals surface area contributed by atoms with Crippen LogP contribution in [-0.2, 0) is 4.79 Å². The highest BCUT2D eigenvalue weighted by atomic mass is 32.1. The largest absolute Gasteiger partial charge is 0.397 e. The maximum Gasteiger partial charge on any atom is 0.260 e. The number of nitrogen functional groups attached to an aromatic ring is 1. The summed E-state index contributed by atoms with van der Waals surface area (Å²) in [4.78, 5) is 26.8. The number of benzene rings is 1. The molecule has 1 aromatic carbocycles. The molecule has 6 heteroatoms. The highest BCUT2D eigenvalue weighted by Crippen LogP contribution is 2.39. The van der Waals surface area contributed by atoms with E-state index in [4.69, 9.17) is 11.5 Å². The molecule has 0 fully saturated rings. The number of fused-ring (bicyclic) bond motifs is 1. The zero-order chi connectivity index (χ0) is 24.3. The summed E-state index contributed by atoms with van der Waals surface area (Å²) in [6.07, 6.45) is 6.37. The van der Waals surface area contributed by atoms with Crippen LogP contribution < -0.4 is 11.5 Å². The Balaban J connectivity index is 0.000000488. The van der Waals surface area contributed by atoms with Crippen LogP contribution in [0.5, 0.6) is 0 Å². The van der Waals surface area contributed by atoms with E-state index in [1.165, 1.54) is 11.3 Å². The molecule has 2 heterocycles. The smallest absolute Gasteiger partial charge is 0.260 e. The number of aromatic nitrogens is 1. The Morgan fingerprint density at radius 1 is 1.16 bits per heavy atom. The number of Topliss-reactive ketones (excluding diaryl/α,β-unsaturated/α-hetero) is 1. The third-order valence-electron chi connectivity index (χ3n) is 4.44. The SMILES string of the molecule is C=Cc1cccc(-c2nc(C=C)cc3sc(C(N)=O)c(N)c23)c1.CC.CCCCC(C)=O. The van der Waals surface area contributed by atoms with Gasteiger partial charge < -0.3 is 16.3 Å². The summed E-state index contributed by atoms with van der Waals surface area (Å²) < 4.78 is 0.861. The molecule has 0 aliphatic rings. The van der Waals surface area contributed by atoms with Gasteiger partial charge in [0.25, 0.3) is 5.91 Å². The first-order chi connectivity index (χ1) is 15.3. The van der Waals surface area contributed by atoms with Crippen LogP contribution in [0.2, 0.25) is 0 Å². The molecule has 0 atom stereocenters. The number of carbonyl (C=O) groups excluding carboxylic acids is 2. The Morgan fingerprint density at radius 2 is 1.84 bits per heavy atom. The molecule has 5 nitrogen and oxygen atoms in total. The fraction of sp³-hybridized carbons (Fsp3) is 0.269. The molecule has 0 aliphatic heterocycles. The maximum absolute atomic E-state index is 11.6. The molecule has 3 aromatic rings. The van der Waals surface area contributed by atoms with Gasteiger partial charge in [-0.3, -0.25) is 4.79 Å². The number of carbonyl (C=O) groups is 2. The van der Waals surface area contributed by atoms with Crippen LogP contribution in [0, 0.1) is 0 Å². The van der Waals surface area contributed by atoms with Gasteiger partial charge in [0.2, 0.25) is 0 Å². The van der Waals surface area contributed by atoms with E-state index in [2.05, 4.69) is 25.1 Å². The number of nitrogens with two attached hydrogens (primary N) is 2. The molecule has 0 aliphatic carbocycles. The quantitative estimate of drug-likeness (QED) is 0.416. The summed E-state index contributed by atoms with van der Waals surface area (Å²) in [5.74, 6) is -0.225. The number of primary amides is 1. The van der Waals surface area contributed by atoms with Gasteiger partial charge in [-0.1, -0.05) is 64.6 Å². The Bertz CT molecular complexity index is 1100. The van der Waals surface area contributed by atoms with E-state index in [0.29, 0.717) is 27.7 Å². The number of pyridine rings is 1. The average Bonchev–Trinajstić information content (AvgIpc) is 3.15. The van der Waals surface area contributed by atoms with Crippen molar-refractivity contribution in [2.45, 2.75) is 47.0 Å². The predicted molar refractivity (Wildman–Crippen MR) is 140 cm³/mol. The lowest BCUT2D eigenvalue weighted by Crippen LogP contribution is -2.10. The van der Waals surface area contributed by atoms with Crippen LogP contribution in [0.25, 0.3) is 33.5 Å². The van der Waals surface area contributed by atoms with Crippen molar-refractivity contribution in [2.24, 2.45) is 5.73 Å². The number of rotatable bonds is 7. The minimum Gasteiger partial charge on any atom is -0.397 e. The zero-order valence-corrected chi connectivity index (χ0v) is 20.2. The Kier molecular flexibility index (Phi) is 11.1. The molecule has 0 saturated heterocycles. The summed E-state index contributed by atoms with van der Waals surface area (Å²) >= 11 is 1.27. The van der Waals surface area contributed by atoms with Gasteiger partial charge in [-0.2, -0.15) is 0 Å². The van der Waals surface area contributed by atoms with E-state index in [9.17, 15) is 9.59 Å². The van der Waals surface area contributed by atoms with Gasteiger partial charge in [0.05, 0.1) is 17.1 Å². The number of amides is 1. The lowest BCUT2D eigenvalue weighted by Gasteiger charge is -2.07. The minimum atomic E-state index is -0.533. The minimum absolute atomic E-state index is 0.307. The molecule has 0 spiro atoms. The fourth-order valence-corrected chi connectivity index (χ4v) is 3.92. The van der Waals surface area contributed by atoms with E-state index < -0.39 is 5.91 Å². The van der Waals surface area contributed by atoms with E-state index >= 15 is 0 Å². The molecule has 0 radical (unpaired) electrons. The number of ketones is 1. The Hall–Kier alpha value is -3.25. The van der Waals surface area contributed by atoms with Crippen molar-refractivity contribution in [3.05, 3.63) is 59.6 Å². The highest BCUT2D eigenvalue weighted by molar-refractivity contribution is 7.21. The van der Waals surface area contributed by atoms with Crippen molar-refractivity contribution in [2.75, 3.05) is 5.73 Å². The van der Waals surface area contributed by atoms with Crippen molar-refractivity contribution in [1.29, 1.82) is 0 Å². The molecule has 3 rings (SSSR count). The van der Waals surface area contributed by atoms with Crippen molar-refractivity contribution >= 4 is 51.0 Å². The van der Waals surface area contributed by atoms with Crippen molar-refractivity contribution < 1.29 is 9.59 Å². The number of unbranched alkanes of at least 4 members (excludes halogenated alkanes) is 1. The van der Waals surface area contributed by atoms with E-state index in [1.807, 2.05) is 44.2 Å². The summed E-state index contributed by atoms with van der Waals surface area (Å²) in [5.41, 5.74) is 15.3. The second-order valence-corrected chi connectivity index (χ2v) is 7.87. The van der Waals surface area contributed by atoms with E-state index in [-0.39, 0.29) is 0 Å². The standard InChI is InChI=1S/C18H15N3OS.C6H12O.C2H6/c1-3-10-6-5-7-11(8-10)16-14-13(9-12(4-2)21-16)23-17(15(14)19)18(20)22;1-3-4-5-6(2)7;1-2/h3-9H,1-2,19H2,(H2,20,22);3-5H2,1-2H3;1-2H3. The summed E-state index contributed by atoms with van der Waals surface area (Å²) in [6, 6.07) is 9.66. The fourth-order valence-electron chi connectivity index (χ4n) is 2.89. The molecule has 2 aromatic heterocycles. The summed E-state index contributed by atoms with van der Waals surface area (Å²) in [7, 11) is 0. The molecular weight excluding hydrogens is 418 g/mol. The van der Waals surface area contributed by atoms with E-state index in [1.54, 1.807) is 19.1 Å². The van der Waals surface area contributed by atoms with Crippen LogP contribution in [0.4, 0.5) is 5.69 Å². The lowest BCUT2D eigenvalue weighted by atomic mass is 10.0. The van der Waals surface area contributed by atoms with Crippen molar-refractivity contribution in [3.63, 3.8) is 0 Å². The summed E-state index contributed by atoms with van der Waals surface area (Å²) in [6.45, 7) is 15.3. The van der Waals surface area contributed by atoms with Gasteiger partial charge >= 0.3 is 0 Å². The number of hydrogen-bond donors (Lipinski definition) is 2. The lowest BCUT2D eigenvalue weighted by molar-refractivity contribution is -0.117. The Labute approximate surface area is 194 Å². The second-order valence-electron chi connectivity index (χ2n) is 6.82. The average molecular weight is 452 g/mol. The third kappa shape index (κ3) is 6.89. The second kappa shape index (κ2) is 13.2. The molecule has 0 saturated carbocycles. The monoisotopic (exact) mass is 451 g/mol. The van der Waals surface area contributed by atoms with Crippen LogP contribution >= 0.6 is 11.3 Å². The number of thiophene rings is 1. The molecule has 0 bridgehead atoms. The molecule has 170 valence electrons. The van der Waals surface area contributed by atoms with Crippen LogP contribution in [-0.4, -0.2) is 16.7 Å². The van der Waals surface area contributed by atoms with Gasteiger partial charge in [-0.25, -0.2) is 4.98 Å². The van der Waals surface area contributed by atoms with Gasteiger partial charge in [-0.05, 0) is 37.1 Å². The first-order valence-corrected chi connectivity index (χ1v) is 11.5. The first-order valence-electron chi connectivity index (χ1n) is 10.7. The number of anilines is 1. The first kappa shape index (κ1) is 26.8. The molecule has 4 N–H and O–H groups in total. The maximum atomic E-state index is 11.6. The van der Waals surface area contributed by atoms with E-state index in [0.717, 1.165) is 40.5 Å². The van der Waals surface area contributed by atoms with Gasteiger partial charge in [0, 0.05) is 22.1 Å². The Morgan fingerprint density at radius 3 is 2.34 bits per heavy atom. The zero-order valence-electron chi connectivity index (χ0n) is 19.4. The normalized spacial score (nSPS) is 9.75. The topological polar surface area (TPSA) is 99.1 Å². The molecule has 32 heavy (non-hydrogen) atoms. The molecule has 1 amide bonds. The molecular formula is C26H33N3O2S. The van der Waals surface area contributed by atoms with Crippen LogP contribution in [0.1, 0.15) is 67.9 Å². The van der Waals surface area contributed by atoms with Crippen LogP contribution in [0.3, 0.4) is 0 Å². The third-order valence-corrected chi connectivity index (χ3v) is 5.61.